The number of nitrogens with zero attached hydrogens (tertiary/aromatic N) is 1. The van der Waals surface area contributed by atoms with Gasteiger partial charge in [-0.25, -0.2) is 4.39 Å². The Morgan fingerprint density at radius 1 is 1.16 bits per heavy atom. The standard InChI is InChI=1S/C20H22FNO3/c1-25-18-5-3-2-4-17(18)20(24)22-12-10-15(11-13-22)19(23)14-6-8-16(21)9-7-14/h2-9,15,19,23H,10-13H2,1H3. The third-order valence-electron chi connectivity index (χ3n) is 4.82. The average molecular weight is 343 g/mol. The predicted octanol–water partition coefficient (Wildman–Crippen LogP) is 3.42. The normalized spacial score (nSPS) is 16.5. The van der Waals surface area contributed by atoms with Gasteiger partial charge < -0.3 is 14.7 Å². The minimum atomic E-state index is -0.635. The second-order valence-electron chi connectivity index (χ2n) is 6.33. The number of halogens is 1. The number of benzene rings is 2. The highest BCUT2D eigenvalue weighted by atomic mass is 19.1. The third kappa shape index (κ3) is 3.82. The van der Waals surface area contributed by atoms with Crippen molar-refractivity contribution in [1.29, 1.82) is 0 Å². The summed E-state index contributed by atoms with van der Waals surface area (Å²) in [6.07, 6.45) is 0.780. The number of likely N-dealkylation sites (tertiary alicyclic amines) is 1. The molecule has 132 valence electrons. The Morgan fingerprint density at radius 2 is 1.80 bits per heavy atom. The van der Waals surface area contributed by atoms with Crippen LogP contribution in [-0.2, 0) is 0 Å². The molecular weight excluding hydrogens is 321 g/mol. The summed E-state index contributed by atoms with van der Waals surface area (Å²) in [7, 11) is 1.55. The second kappa shape index (κ2) is 7.66. The number of piperidine rings is 1. The average Bonchev–Trinajstić information content (AvgIpc) is 2.67. The van der Waals surface area contributed by atoms with Crippen molar-refractivity contribution in [2.24, 2.45) is 5.92 Å². The van der Waals surface area contributed by atoms with Crippen LogP contribution in [0.1, 0.15) is 34.9 Å². The van der Waals surface area contributed by atoms with Crippen molar-refractivity contribution in [3.05, 3.63) is 65.5 Å². The molecule has 0 spiro atoms. The number of amides is 1. The monoisotopic (exact) mass is 343 g/mol. The van der Waals surface area contributed by atoms with E-state index in [4.69, 9.17) is 4.74 Å². The molecule has 5 heteroatoms. The molecule has 1 atom stereocenters. The van der Waals surface area contributed by atoms with Crippen molar-refractivity contribution in [3.8, 4) is 5.75 Å². The van der Waals surface area contributed by atoms with Gasteiger partial charge in [0.15, 0.2) is 0 Å². The number of rotatable bonds is 4. The van der Waals surface area contributed by atoms with E-state index in [-0.39, 0.29) is 17.6 Å². The van der Waals surface area contributed by atoms with Crippen LogP contribution >= 0.6 is 0 Å². The van der Waals surface area contributed by atoms with Gasteiger partial charge in [-0.1, -0.05) is 24.3 Å². The van der Waals surface area contributed by atoms with Gasteiger partial charge in [0.2, 0.25) is 0 Å². The van der Waals surface area contributed by atoms with E-state index in [2.05, 4.69) is 0 Å². The fourth-order valence-electron chi connectivity index (χ4n) is 3.34. The summed E-state index contributed by atoms with van der Waals surface area (Å²) in [5, 5.41) is 10.5. The first-order valence-electron chi connectivity index (χ1n) is 8.46. The van der Waals surface area contributed by atoms with Crippen LogP contribution in [-0.4, -0.2) is 36.1 Å². The Bertz CT molecular complexity index is 724. The molecule has 0 aromatic heterocycles. The topological polar surface area (TPSA) is 49.8 Å². The van der Waals surface area contributed by atoms with Crippen LogP contribution in [0.15, 0.2) is 48.5 Å². The van der Waals surface area contributed by atoms with Crippen LogP contribution in [0.5, 0.6) is 5.75 Å². The third-order valence-corrected chi connectivity index (χ3v) is 4.82. The van der Waals surface area contributed by atoms with E-state index in [1.807, 2.05) is 12.1 Å². The van der Waals surface area contributed by atoms with Gasteiger partial charge in [0.1, 0.15) is 11.6 Å². The summed E-state index contributed by atoms with van der Waals surface area (Å²) >= 11 is 0. The zero-order valence-corrected chi connectivity index (χ0v) is 14.2. The lowest BCUT2D eigenvalue weighted by Crippen LogP contribution is -2.39. The molecule has 25 heavy (non-hydrogen) atoms. The number of carbonyl (C=O) groups is 1. The molecule has 1 saturated heterocycles. The van der Waals surface area contributed by atoms with Gasteiger partial charge in [-0.05, 0) is 48.6 Å². The highest BCUT2D eigenvalue weighted by Crippen LogP contribution is 2.32. The molecule has 2 aromatic rings. The van der Waals surface area contributed by atoms with Gasteiger partial charge in [-0.3, -0.25) is 4.79 Å². The van der Waals surface area contributed by atoms with E-state index in [1.54, 1.807) is 36.3 Å². The molecule has 3 rings (SSSR count). The van der Waals surface area contributed by atoms with Crippen molar-refractivity contribution in [1.82, 2.24) is 4.90 Å². The summed E-state index contributed by atoms with van der Waals surface area (Å²) in [5.74, 6) is 0.272. The molecule has 0 radical (unpaired) electrons. The molecule has 1 aliphatic heterocycles. The fraction of sp³-hybridized carbons (Fsp3) is 0.350. The molecule has 2 aromatic carbocycles. The van der Waals surface area contributed by atoms with Gasteiger partial charge in [-0.2, -0.15) is 0 Å². The van der Waals surface area contributed by atoms with E-state index in [1.165, 1.54) is 12.1 Å². The van der Waals surface area contributed by atoms with E-state index in [9.17, 15) is 14.3 Å². The van der Waals surface area contributed by atoms with E-state index in [0.29, 0.717) is 37.2 Å². The van der Waals surface area contributed by atoms with E-state index >= 15 is 0 Å². The Morgan fingerprint density at radius 3 is 2.44 bits per heavy atom. The lowest BCUT2D eigenvalue weighted by Gasteiger charge is -2.34. The SMILES string of the molecule is COc1ccccc1C(=O)N1CCC(C(O)c2ccc(F)cc2)CC1. The van der Waals surface area contributed by atoms with Crippen LogP contribution in [0.3, 0.4) is 0 Å². The number of para-hydroxylation sites is 1. The number of hydrogen-bond donors (Lipinski definition) is 1. The van der Waals surface area contributed by atoms with Crippen LogP contribution in [0, 0.1) is 11.7 Å². The fourth-order valence-corrected chi connectivity index (χ4v) is 3.34. The molecule has 1 N–H and O–H groups in total. The summed E-state index contributed by atoms with van der Waals surface area (Å²) in [4.78, 5) is 14.5. The lowest BCUT2D eigenvalue weighted by molar-refractivity contribution is 0.0460. The molecule has 1 unspecified atom stereocenters. The first-order valence-corrected chi connectivity index (χ1v) is 8.46. The van der Waals surface area contributed by atoms with Gasteiger partial charge in [-0.15, -0.1) is 0 Å². The van der Waals surface area contributed by atoms with Crippen molar-refractivity contribution >= 4 is 5.91 Å². The minimum Gasteiger partial charge on any atom is -0.496 e. The number of aliphatic hydroxyl groups is 1. The van der Waals surface area contributed by atoms with Crippen molar-refractivity contribution in [2.45, 2.75) is 18.9 Å². The van der Waals surface area contributed by atoms with Crippen LogP contribution < -0.4 is 4.74 Å². The van der Waals surface area contributed by atoms with E-state index < -0.39 is 6.10 Å². The summed E-state index contributed by atoms with van der Waals surface area (Å²) in [6, 6.07) is 13.1. The van der Waals surface area contributed by atoms with E-state index in [0.717, 1.165) is 5.56 Å². The summed E-state index contributed by atoms with van der Waals surface area (Å²) < 4.78 is 18.3. The first-order chi connectivity index (χ1) is 12.1. The smallest absolute Gasteiger partial charge is 0.257 e. The first kappa shape index (κ1) is 17.4. The Hall–Kier alpha value is -2.40. The van der Waals surface area contributed by atoms with Crippen LogP contribution in [0.25, 0.3) is 0 Å². The largest absolute Gasteiger partial charge is 0.496 e. The molecule has 4 nitrogen and oxygen atoms in total. The van der Waals surface area contributed by atoms with Crippen LogP contribution in [0.2, 0.25) is 0 Å². The molecule has 1 aliphatic rings. The summed E-state index contributed by atoms with van der Waals surface area (Å²) in [5.41, 5.74) is 1.28. The molecule has 1 fully saturated rings. The molecule has 1 heterocycles. The number of hydrogen-bond acceptors (Lipinski definition) is 3. The van der Waals surface area contributed by atoms with Gasteiger partial charge in [0, 0.05) is 13.1 Å². The highest BCUT2D eigenvalue weighted by Gasteiger charge is 2.29. The van der Waals surface area contributed by atoms with Gasteiger partial charge >= 0.3 is 0 Å². The highest BCUT2D eigenvalue weighted by molar-refractivity contribution is 5.97. The zero-order valence-electron chi connectivity index (χ0n) is 14.2. The van der Waals surface area contributed by atoms with Gasteiger partial charge in [0.25, 0.3) is 5.91 Å². The van der Waals surface area contributed by atoms with Crippen molar-refractivity contribution in [2.75, 3.05) is 20.2 Å². The Kier molecular flexibility index (Phi) is 5.34. The number of methoxy groups -OCH3 is 1. The summed E-state index contributed by atoms with van der Waals surface area (Å²) in [6.45, 7) is 1.17. The molecule has 0 saturated carbocycles. The van der Waals surface area contributed by atoms with Crippen molar-refractivity contribution in [3.63, 3.8) is 0 Å². The maximum Gasteiger partial charge on any atom is 0.257 e. The second-order valence-corrected chi connectivity index (χ2v) is 6.33. The molecule has 1 amide bonds. The lowest BCUT2D eigenvalue weighted by atomic mass is 9.87. The molecule has 0 bridgehead atoms. The minimum absolute atomic E-state index is 0.0489. The number of aliphatic hydroxyl groups excluding tert-OH is 1. The molecular formula is C20H22FNO3. The Labute approximate surface area is 146 Å². The molecule has 0 aliphatic carbocycles. The van der Waals surface area contributed by atoms with Gasteiger partial charge in [0.05, 0.1) is 18.8 Å². The quantitative estimate of drug-likeness (QED) is 0.925. The number of carbonyl (C=O) groups excluding carboxylic acids is 1. The Balaban J connectivity index is 1.63. The predicted molar refractivity (Wildman–Crippen MR) is 93.0 cm³/mol. The van der Waals surface area contributed by atoms with Crippen LogP contribution in [0.4, 0.5) is 4.39 Å². The maximum absolute atomic E-state index is 13.0. The van der Waals surface area contributed by atoms with Crippen molar-refractivity contribution < 1.29 is 19.0 Å². The zero-order chi connectivity index (χ0) is 17.8. The maximum atomic E-state index is 13.0. The number of ether oxygens (including phenoxy) is 1.